The van der Waals surface area contributed by atoms with Crippen LogP contribution in [0.2, 0.25) is 0 Å². The van der Waals surface area contributed by atoms with E-state index in [0.29, 0.717) is 21.8 Å². The molecule has 2 atom stereocenters. The first-order chi connectivity index (χ1) is 17.3. The molecule has 1 fully saturated rings. The van der Waals surface area contributed by atoms with Crippen molar-refractivity contribution in [3.05, 3.63) is 92.0 Å². The number of halogens is 1. The molecule has 0 bridgehead atoms. The number of thioether (sulfide) groups is 1. The monoisotopic (exact) mass is 529 g/mol. The van der Waals surface area contributed by atoms with Crippen molar-refractivity contribution in [1.82, 2.24) is 10.2 Å². The highest BCUT2D eigenvalue weighted by atomic mass is 35.5. The van der Waals surface area contributed by atoms with Crippen molar-refractivity contribution in [2.75, 3.05) is 6.61 Å². The molecule has 0 saturated carbocycles. The van der Waals surface area contributed by atoms with E-state index >= 15 is 0 Å². The Hall–Kier alpha value is -3.83. The SMILES string of the molecule is CC1=C(C(=O)OCc2ccc([N+](=O)[O-])cc2)N2C(=O)C(NC(=O)COc3ccccc3)[C@@H]2SC1=CCl. The molecule has 186 valence electrons. The zero-order valence-electron chi connectivity index (χ0n) is 18.9. The molecule has 0 aromatic heterocycles. The molecule has 12 heteroatoms. The van der Waals surface area contributed by atoms with Gasteiger partial charge in [-0.1, -0.05) is 41.6 Å². The number of carbonyl (C=O) groups excluding carboxylic acids is 3. The summed E-state index contributed by atoms with van der Waals surface area (Å²) in [7, 11) is 0. The van der Waals surface area contributed by atoms with Crippen LogP contribution in [0.25, 0.3) is 0 Å². The third-order valence-electron chi connectivity index (χ3n) is 5.50. The number of para-hydroxylation sites is 1. The van der Waals surface area contributed by atoms with Gasteiger partial charge < -0.3 is 14.8 Å². The van der Waals surface area contributed by atoms with Gasteiger partial charge in [0, 0.05) is 22.6 Å². The highest BCUT2D eigenvalue weighted by Gasteiger charge is 2.55. The number of carbonyl (C=O) groups is 3. The number of nitrogens with zero attached hydrogens (tertiary/aromatic N) is 2. The van der Waals surface area contributed by atoms with Crippen LogP contribution in [0.4, 0.5) is 5.69 Å². The van der Waals surface area contributed by atoms with Crippen LogP contribution in [0, 0.1) is 10.1 Å². The van der Waals surface area contributed by atoms with Gasteiger partial charge in [0.25, 0.3) is 17.5 Å². The van der Waals surface area contributed by atoms with Gasteiger partial charge in [-0.3, -0.25) is 24.6 Å². The van der Waals surface area contributed by atoms with E-state index in [-0.39, 0.29) is 24.6 Å². The van der Waals surface area contributed by atoms with E-state index in [9.17, 15) is 24.5 Å². The number of hydrogen-bond acceptors (Lipinski definition) is 8. The molecule has 0 radical (unpaired) electrons. The molecule has 2 heterocycles. The van der Waals surface area contributed by atoms with Crippen molar-refractivity contribution in [2.24, 2.45) is 0 Å². The second kappa shape index (κ2) is 10.8. The summed E-state index contributed by atoms with van der Waals surface area (Å²) < 4.78 is 10.8. The maximum Gasteiger partial charge on any atom is 0.355 e. The Kier molecular flexibility index (Phi) is 7.61. The predicted molar refractivity (Wildman–Crippen MR) is 132 cm³/mol. The Morgan fingerprint density at radius 2 is 1.89 bits per heavy atom. The average molecular weight is 530 g/mol. The van der Waals surface area contributed by atoms with Crippen LogP contribution in [0.15, 0.2) is 76.3 Å². The summed E-state index contributed by atoms with van der Waals surface area (Å²) in [5, 5.41) is 12.9. The fraction of sp³-hybridized carbons (Fsp3) is 0.208. The number of fused-ring (bicyclic) bond motifs is 1. The minimum absolute atomic E-state index is 0.0311. The van der Waals surface area contributed by atoms with Gasteiger partial charge in [0.2, 0.25) is 0 Å². The van der Waals surface area contributed by atoms with E-state index < -0.39 is 34.1 Å². The molecule has 0 spiro atoms. The molecular weight excluding hydrogens is 510 g/mol. The van der Waals surface area contributed by atoms with Crippen LogP contribution >= 0.6 is 23.4 Å². The van der Waals surface area contributed by atoms with Gasteiger partial charge in [0.1, 0.15) is 29.5 Å². The van der Waals surface area contributed by atoms with Gasteiger partial charge in [0.15, 0.2) is 6.61 Å². The van der Waals surface area contributed by atoms with E-state index in [1.165, 1.54) is 46.5 Å². The van der Waals surface area contributed by atoms with Crippen molar-refractivity contribution in [3.8, 4) is 5.75 Å². The summed E-state index contributed by atoms with van der Waals surface area (Å²) in [4.78, 5) is 50.4. The molecule has 10 nitrogen and oxygen atoms in total. The maximum atomic E-state index is 13.0. The van der Waals surface area contributed by atoms with E-state index in [1.54, 1.807) is 31.2 Å². The van der Waals surface area contributed by atoms with Gasteiger partial charge in [-0.2, -0.15) is 0 Å². The van der Waals surface area contributed by atoms with Gasteiger partial charge >= 0.3 is 5.97 Å². The summed E-state index contributed by atoms with van der Waals surface area (Å²) in [6.45, 7) is 1.22. The maximum absolute atomic E-state index is 13.0. The normalized spacial score (nSPS) is 19.9. The van der Waals surface area contributed by atoms with Crippen molar-refractivity contribution in [1.29, 1.82) is 0 Å². The van der Waals surface area contributed by atoms with E-state index in [0.717, 1.165) is 0 Å². The van der Waals surface area contributed by atoms with Crippen molar-refractivity contribution >= 4 is 46.8 Å². The molecular formula is C24H20ClN3O7S. The smallest absolute Gasteiger partial charge is 0.355 e. The van der Waals surface area contributed by atoms with Gasteiger partial charge in [-0.15, -0.1) is 0 Å². The Morgan fingerprint density at radius 3 is 2.53 bits per heavy atom. The van der Waals surface area contributed by atoms with E-state index in [2.05, 4.69) is 5.32 Å². The number of non-ortho nitro benzene ring substituents is 1. The molecule has 1 unspecified atom stereocenters. The fourth-order valence-electron chi connectivity index (χ4n) is 3.64. The zero-order valence-corrected chi connectivity index (χ0v) is 20.5. The third kappa shape index (κ3) is 5.21. The van der Waals surface area contributed by atoms with Crippen molar-refractivity contribution < 1.29 is 28.8 Å². The number of rotatable bonds is 8. The largest absolute Gasteiger partial charge is 0.484 e. The number of benzene rings is 2. The Balaban J connectivity index is 1.42. The predicted octanol–water partition coefficient (Wildman–Crippen LogP) is 3.47. The number of nitro benzene ring substituents is 1. The minimum atomic E-state index is -0.876. The van der Waals surface area contributed by atoms with Gasteiger partial charge in [0.05, 0.1) is 4.92 Å². The number of amides is 2. The van der Waals surface area contributed by atoms with Gasteiger partial charge in [-0.05, 0) is 42.3 Å². The number of nitrogens with one attached hydrogen (secondary N) is 1. The van der Waals surface area contributed by atoms with E-state index in [1.807, 2.05) is 6.07 Å². The summed E-state index contributed by atoms with van der Waals surface area (Å²) in [5.41, 5.74) is 2.26. The highest BCUT2D eigenvalue weighted by Crippen LogP contribution is 2.46. The van der Waals surface area contributed by atoms with E-state index in [4.69, 9.17) is 21.1 Å². The lowest BCUT2D eigenvalue weighted by atomic mass is 10.0. The zero-order chi connectivity index (χ0) is 25.8. The Labute approximate surface area is 215 Å². The molecule has 2 aliphatic rings. The van der Waals surface area contributed by atoms with Crippen LogP contribution < -0.4 is 10.1 Å². The fourth-order valence-corrected chi connectivity index (χ4v) is 5.18. The number of β-lactam (4-membered cyclic amide) rings is 1. The van der Waals surface area contributed by atoms with Gasteiger partial charge in [-0.25, -0.2) is 4.79 Å². The molecule has 2 aromatic carbocycles. The average Bonchev–Trinajstić information content (AvgIpc) is 2.89. The quantitative estimate of drug-likeness (QED) is 0.238. The topological polar surface area (TPSA) is 128 Å². The number of allylic oxidation sites excluding steroid dienone is 1. The molecule has 36 heavy (non-hydrogen) atoms. The van der Waals surface area contributed by atoms with Crippen LogP contribution in [0.3, 0.4) is 0 Å². The van der Waals surface area contributed by atoms with Crippen LogP contribution in [-0.2, 0) is 25.7 Å². The number of hydrogen-bond donors (Lipinski definition) is 1. The molecule has 2 aromatic rings. The molecule has 2 aliphatic heterocycles. The Morgan fingerprint density at radius 1 is 1.19 bits per heavy atom. The van der Waals surface area contributed by atoms with Crippen molar-refractivity contribution in [3.63, 3.8) is 0 Å². The second-order valence-corrected chi connectivity index (χ2v) is 9.19. The molecule has 2 amide bonds. The summed E-state index contributed by atoms with van der Waals surface area (Å²) in [6.07, 6.45) is 0. The highest BCUT2D eigenvalue weighted by molar-refractivity contribution is 8.04. The number of nitro groups is 1. The van der Waals surface area contributed by atoms with Crippen molar-refractivity contribution in [2.45, 2.75) is 24.9 Å². The van der Waals surface area contributed by atoms with Crippen LogP contribution in [0.5, 0.6) is 5.75 Å². The van der Waals surface area contributed by atoms with Crippen LogP contribution in [-0.4, -0.2) is 45.6 Å². The first kappa shape index (κ1) is 25.3. The lowest BCUT2D eigenvalue weighted by Gasteiger charge is -2.49. The van der Waals surface area contributed by atoms with Crippen LogP contribution in [0.1, 0.15) is 12.5 Å². The second-order valence-electron chi connectivity index (χ2n) is 7.81. The summed E-state index contributed by atoms with van der Waals surface area (Å²) >= 11 is 7.21. The first-order valence-corrected chi connectivity index (χ1v) is 12.0. The number of ether oxygens (including phenoxy) is 2. The summed E-state index contributed by atoms with van der Waals surface area (Å²) in [6, 6.07) is 13.5. The third-order valence-corrected chi connectivity index (χ3v) is 7.25. The summed E-state index contributed by atoms with van der Waals surface area (Å²) in [5.74, 6) is -1.18. The number of esters is 1. The molecule has 1 saturated heterocycles. The lowest BCUT2D eigenvalue weighted by Crippen LogP contribution is -2.70. The molecule has 4 rings (SSSR count). The standard InChI is InChI=1S/C24H20ClN3O7S/c1-14-18(11-25)36-23-20(26-19(29)13-34-17-5-3-2-4-6-17)22(30)27(23)21(14)24(31)35-12-15-7-9-16(10-8-15)28(32)33/h2-11,20,23H,12-13H2,1H3,(H,26,29)/t20?,23-/m0/s1. The Bertz CT molecular complexity index is 1260. The minimum Gasteiger partial charge on any atom is -0.484 e. The molecule has 1 N–H and O–H groups in total. The lowest BCUT2D eigenvalue weighted by molar-refractivity contribution is -0.384. The first-order valence-electron chi connectivity index (χ1n) is 10.7. The molecule has 0 aliphatic carbocycles.